The Labute approximate surface area is 328 Å². The molecule has 0 amide bonds. The summed E-state index contributed by atoms with van der Waals surface area (Å²) in [7, 11) is 0. The van der Waals surface area contributed by atoms with Crippen LogP contribution in [0, 0.1) is 35.0 Å². The highest BCUT2D eigenvalue weighted by Crippen LogP contribution is 2.60. The van der Waals surface area contributed by atoms with E-state index >= 15 is 0 Å². The first-order chi connectivity index (χ1) is 27.2. The molecule has 1 heterocycles. The van der Waals surface area contributed by atoms with Gasteiger partial charge in [-0.1, -0.05) is 133 Å². The maximum absolute atomic E-state index is 6.92. The molecule has 288 valence electrons. The van der Waals surface area contributed by atoms with Crippen molar-refractivity contribution in [3.63, 3.8) is 0 Å². The molecule has 1 aliphatic heterocycles. The average Bonchev–Trinajstić information content (AvgIpc) is 3.21. The van der Waals surface area contributed by atoms with Gasteiger partial charge in [-0.3, -0.25) is 5.32 Å². The second-order valence-electron chi connectivity index (χ2n) is 16.6. The van der Waals surface area contributed by atoms with Crippen molar-refractivity contribution in [2.24, 2.45) is 23.2 Å². The van der Waals surface area contributed by atoms with Crippen molar-refractivity contribution < 1.29 is 23.7 Å². The predicted molar refractivity (Wildman–Crippen MR) is 216 cm³/mol. The van der Waals surface area contributed by atoms with Crippen LogP contribution in [0.3, 0.4) is 0 Å². The molecule has 4 aromatic rings. The number of rotatable bonds is 17. The maximum atomic E-state index is 6.92. The zero-order valence-corrected chi connectivity index (χ0v) is 32.1. The monoisotopic (exact) mass is 739 g/mol. The minimum atomic E-state index is -0.425. The summed E-state index contributed by atoms with van der Waals surface area (Å²) in [5, 5.41) is 3.85. The standard InChI is InChI=1S/C49H57NO5/c1-5-15-37(16-6-1)31-52-35-45-47(54-33-39-19-9-3-10-20-39)48(55-34-40-21-11-4-12-22-40)46(53-32-38-17-7-2-8-18-38)44(50-45)23-13-14-24-51-36-49-28-41-25-42(29-49)27-43(26-41)30-49/h1-12,15-22,41-48,50H,14,24-36H2/t41?,42?,43?,44-,45+,46-,47+,48+,49?/m0/s1. The van der Waals surface area contributed by atoms with Crippen LogP contribution in [0.1, 0.15) is 67.2 Å². The van der Waals surface area contributed by atoms with Crippen LogP contribution in [-0.2, 0) is 50.1 Å². The molecule has 1 saturated heterocycles. The van der Waals surface area contributed by atoms with Gasteiger partial charge in [0.1, 0.15) is 18.3 Å². The van der Waals surface area contributed by atoms with Crippen molar-refractivity contribution in [2.75, 3.05) is 19.8 Å². The van der Waals surface area contributed by atoms with Crippen LogP contribution in [0.4, 0.5) is 0 Å². The van der Waals surface area contributed by atoms with Crippen molar-refractivity contribution in [3.8, 4) is 11.8 Å². The number of benzene rings is 4. The zero-order chi connectivity index (χ0) is 37.1. The molecule has 0 unspecified atom stereocenters. The number of hydrogen-bond acceptors (Lipinski definition) is 6. The van der Waals surface area contributed by atoms with Crippen molar-refractivity contribution in [3.05, 3.63) is 144 Å². The first-order valence-corrected chi connectivity index (χ1v) is 20.6. The molecule has 4 aromatic carbocycles. The molecular weight excluding hydrogens is 683 g/mol. The average molecular weight is 740 g/mol. The molecule has 4 bridgehead atoms. The van der Waals surface area contributed by atoms with Gasteiger partial charge in [-0.2, -0.15) is 0 Å². The lowest BCUT2D eigenvalue weighted by Crippen LogP contribution is -2.67. The fraction of sp³-hybridized carbons (Fsp3) is 0.469. The highest BCUT2D eigenvalue weighted by molar-refractivity contribution is 5.20. The highest BCUT2D eigenvalue weighted by Gasteiger charge is 2.51. The van der Waals surface area contributed by atoms with Gasteiger partial charge >= 0.3 is 0 Å². The zero-order valence-electron chi connectivity index (χ0n) is 32.1. The number of nitrogens with one attached hydrogen (secondary N) is 1. The van der Waals surface area contributed by atoms with Crippen molar-refractivity contribution in [2.45, 2.75) is 102 Å². The van der Waals surface area contributed by atoms with E-state index in [0.717, 1.165) is 46.6 Å². The Hall–Kier alpha value is -3.80. The summed E-state index contributed by atoms with van der Waals surface area (Å²) in [6, 6.07) is 40.8. The van der Waals surface area contributed by atoms with Gasteiger partial charge in [0.2, 0.25) is 0 Å². The summed E-state index contributed by atoms with van der Waals surface area (Å²) in [6.45, 7) is 3.78. The molecule has 6 heteroatoms. The summed E-state index contributed by atoms with van der Waals surface area (Å²) in [5.41, 5.74) is 4.84. The number of ether oxygens (including phenoxy) is 5. The minimum Gasteiger partial charge on any atom is -0.380 e. The molecule has 55 heavy (non-hydrogen) atoms. The molecule has 4 aliphatic carbocycles. The Morgan fingerprint density at radius 2 is 0.982 bits per heavy atom. The third kappa shape index (κ3) is 10.3. The molecule has 0 radical (unpaired) electrons. The van der Waals surface area contributed by atoms with Crippen molar-refractivity contribution in [1.29, 1.82) is 0 Å². The lowest BCUT2D eigenvalue weighted by molar-refractivity contribution is -0.188. The van der Waals surface area contributed by atoms with Gasteiger partial charge in [0.15, 0.2) is 0 Å². The van der Waals surface area contributed by atoms with Gasteiger partial charge in [0, 0.05) is 6.42 Å². The lowest BCUT2D eigenvalue weighted by atomic mass is 9.50. The smallest absolute Gasteiger partial charge is 0.114 e. The Kier molecular flexibility index (Phi) is 13.1. The van der Waals surface area contributed by atoms with E-state index in [-0.39, 0.29) is 18.2 Å². The maximum Gasteiger partial charge on any atom is 0.114 e. The van der Waals surface area contributed by atoms with Crippen molar-refractivity contribution >= 4 is 0 Å². The van der Waals surface area contributed by atoms with E-state index < -0.39 is 12.2 Å². The number of piperidine rings is 1. The largest absolute Gasteiger partial charge is 0.380 e. The molecule has 6 nitrogen and oxygen atoms in total. The van der Waals surface area contributed by atoms with Crippen LogP contribution in [0.2, 0.25) is 0 Å². The molecule has 4 saturated carbocycles. The predicted octanol–water partition coefficient (Wildman–Crippen LogP) is 8.93. The van der Waals surface area contributed by atoms with Gasteiger partial charge in [0.05, 0.1) is 58.3 Å². The van der Waals surface area contributed by atoms with E-state index in [0.29, 0.717) is 51.5 Å². The van der Waals surface area contributed by atoms with E-state index in [1.165, 1.54) is 38.5 Å². The normalized spacial score (nSPS) is 29.5. The second-order valence-corrected chi connectivity index (χ2v) is 16.6. The summed E-state index contributed by atoms with van der Waals surface area (Å²) < 4.78 is 33.5. The summed E-state index contributed by atoms with van der Waals surface area (Å²) in [4.78, 5) is 0. The van der Waals surface area contributed by atoms with Crippen LogP contribution in [0.15, 0.2) is 121 Å². The second kappa shape index (κ2) is 18.9. The van der Waals surface area contributed by atoms with E-state index in [1.807, 2.05) is 72.8 Å². The molecule has 0 spiro atoms. The fourth-order valence-electron chi connectivity index (χ4n) is 10.1. The Morgan fingerprint density at radius 3 is 1.49 bits per heavy atom. The van der Waals surface area contributed by atoms with Gasteiger partial charge in [-0.25, -0.2) is 0 Å². The Bertz CT molecular complexity index is 1760. The Balaban J connectivity index is 1.02. The SMILES string of the molecule is C(#C[C@@H]1N[C@H](COCc2ccccc2)[C@@H](OCc2ccccc2)[C@H](OCc2ccccc2)[C@H]1OCc1ccccc1)CCOCC12CC3CC(CC(C3)C1)C2. The van der Waals surface area contributed by atoms with Gasteiger partial charge < -0.3 is 23.7 Å². The van der Waals surface area contributed by atoms with E-state index in [1.54, 1.807) is 0 Å². The summed E-state index contributed by atoms with van der Waals surface area (Å²) in [6.07, 6.45) is 7.93. The lowest BCUT2D eigenvalue weighted by Gasteiger charge is -2.56. The first-order valence-electron chi connectivity index (χ1n) is 20.6. The van der Waals surface area contributed by atoms with Crippen LogP contribution in [0.5, 0.6) is 0 Å². The Morgan fingerprint density at radius 1 is 0.527 bits per heavy atom. The van der Waals surface area contributed by atoms with Crippen molar-refractivity contribution in [1.82, 2.24) is 5.32 Å². The highest BCUT2D eigenvalue weighted by atomic mass is 16.6. The first kappa shape index (κ1) is 38.1. The molecule has 1 N–H and O–H groups in total. The molecule has 9 rings (SSSR count). The molecular formula is C49H57NO5. The van der Waals surface area contributed by atoms with E-state index in [2.05, 4.69) is 65.7 Å². The van der Waals surface area contributed by atoms with Crippen LogP contribution < -0.4 is 5.32 Å². The molecule has 0 aromatic heterocycles. The van der Waals surface area contributed by atoms with Gasteiger partial charge in [0.25, 0.3) is 0 Å². The van der Waals surface area contributed by atoms with E-state index in [4.69, 9.17) is 23.7 Å². The topological polar surface area (TPSA) is 58.2 Å². The third-order valence-corrected chi connectivity index (χ3v) is 12.2. The molecule has 5 atom stereocenters. The number of hydrogen-bond donors (Lipinski definition) is 1. The van der Waals surface area contributed by atoms with Crippen LogP contribution in [-0.4, -0.2) is 50.2 Å². The minimum absolute atomic E-state index is 0.198. The molecule has 5 fully saturated rings. The van der Waals surface area contributed by atoms with Gasteiger partial charge in [-0.15, -0.1) is 0 Å². The fourth-order valence-corrected chi connectivity index (χ4v) is 10.1. The summed E-state index contributed by atoms with van der Waals surface area (Å²) >= 11 is 0. The van der Waals surface area contributed by atoms with Crippen LogP contribution >= 0.6 is 0 Å². The van der Waals surface area contributed by atoms with Gasteiger partial charge in [-0.05, 0) is 83.9 Å². The quantitative estimate of drug-likeness (QED) is 0.0863. The van der Waals surface area contributed by atoms with Crippen LogP contribution in [0.25, 0.3) is 0 Å². The molecule has 5 aliphatic rings. The third-order valence-electron chi connectivity index (χ3n) is 12.2. The summed E-state index contributed by atoms with van der Waals surface area (Å²) in [5.74, 6) is 9.91. The van der Waals surface area contributed by atoms with E-state index in [9.17, 15) is 0 Å².